The molecule has 18 heavy (non-hydrogen) atoms. The summed E-state index contributed by atoms with van der Waals surface area (Å²) < 4.78 is 1.11. The Morgan fingerprint density at radius 2 is 2.00 bits per heavy atom. The molecule has 0 bridgehead atoms. The van der Waals surface area contributed by atoms with Gasteiger partial charge in [0, 0.05) is 35.3 Å². The van der Waals surface area contributed by atoms with Crippen LogP contribution >= 0.6 is 51.7 Å². The molecule has 1 atom stereocenters. The number of benzene rings is 1. The quantitative estimate of drug-likeness (QED) is 0.324. The van der Waals surface area contributed by atoms with Crippen molar-refractivity contribution in [3.63, 3.8) is 0 Å². The molecule has 1 rings (SSSR count). The van der Waals surface area contributed by atoms with Gasteiger partial charge in [0.1, 0.15) is 0 Å². The summed E-state index contributed by atoms with van der Waals surface area (Å²) in [4.78, 5) is 5.36. The molecule has 0 heterocycles. The monoisotopic (exact) mass is 443 g/mol. The van der Waals surface area contributed by atoms with Gasteiger partial charge in [-0.15, -0.1) is 35.7 Å². The minimum Gasteiger partial charge on any atom is -0.359 e. The molecule has 3 nitrogen and oxygen atoms in total. The molecule has 1 aromatic rings. The van der Waals surface area contributed by atoms with Gasteiger partial charge < -0.3 is 10.6 Å². The Labute approximate surface area is 139 Å². The van der Waals surface area contributed by atoms with E-state index in [0.29, 0.717) is 5.25 Å². The van der Waals surface area contributed by atoms with Gasteiger partial charge in [-0.05, 0) is 24.3 Å². The fourth-order valence-electron chi connectivity index (χ4n) is 1.31. The lowest BCUT2D eigenvalue weighted by molar-refractivity contribution is 0.826. The molecule has 0 aliphatic carbocycles. The number of nitrogens with zero attached hydrogens (tertiary/aromatic N) is 1. The zero-order valence-electron chi connectivity index (χ0n) is 10.7. The number of hydrogen-bond donors (Lipinski definition) is 2. The van der Waals surface area contributed by atoms with Crippen LogP contribution in [0.25, 0.3) is 0 Å². The minimum absolute atomic E-state index is 0. The molecule has 0 aliphatic rings. The van der Waals surface area contributed by atoms with Crippen molar-refractivity contribution < 1.29 is 0 Å². The molecule has 1 aromatic carbocycles. The molecular weight excluding hydrogens is 425 g/mol. The third-order valence-corrected chi connectivity index (χ3v) is 3.81. The van der Waals surface area contributed by atoms with Gasteiger partial charge in [0.05, 0.1) is 0 Å². The number of nitrogens with one attached hydrogen (secondary N) is 2. The van der Waals surface area contributed by atoms with Gasteiger partial charge in [-0.1, -0.05) is 22.9 Å². The van der Waals surface area contributed by atoms with Crippen LogP contribution in [-0.4, -0.2) is 31.8 Å². The Bertz CT molecular complexity index is 370. The van der Waals surface area contributed by atoms with Crippen molar-refractivity contribution in [2.24, 2.45) is 4.99 Å². The van der Waals surface area contributed by atoms with E-state index >= 15 is 0 Å². The van der Waals surface area contributed by atoms with Crippen molar-refractivity contribution in [2.45, 2.75) is 17.1 Å². The Morgan fingerprint density at radius 3 is 2.50 bits per heavy atom. The first-order valence-corrected chi connectivity index (χ1v) is 7.13. The Hall–Kier alpha value is 0.0500. The van der Waals surface area contributed by atoms with E-state index in [9.17, 15) is 0 Å². The lowest BCUT2D eigenvalue weighted by atomic mass is 10.4. The Kier molecular flexibility index (Phi) is 9.94. The molecule has 2 N–H and O–H groups in total. The second kappa shape index (κ2) is 9.91. The second-order valence-corrected chi connectivity index (χ2v) is 6.01. The average Bonchev–Trinajstić information content (AvgIpc) is 2.33. The van der Waals surface area contributed by atoms with Gasteiger partial charge in [-0.25, -0.2) is 0 Å². The molecule has 1 unspecified atom stereocenters. The van der Waals surface area contributed by atoms with Gasteiger partial charge in [0.25, 0.3) is 0 Å². The zero-order chi connectivity index (χ0) is 12.7. The van der Waals surface area contributed by atoms with Gasteiger partial charge in [-0.3, -0.25) is 4.99 Å². The summed E-state index contributed by atoms with van der Waals surface area (Å²) in [5, 5.41) is 6.75. The summed E-state index contributed by atoms with van der Waals surface area (Å²) in [5.41, 5.74) is 0. The zero-order valence-corrected chi connectivity index (χ0v) is 15.5. The van der Waals surface area contributed by atoms with Crippen LogP contribution < -0.4 is 10.6 Å². The molecule has 0 saturated heterocycles. The van der Waals surface area contributed by atoms with E-state index in [0.717, 1.165) is 17.0 Å². The summed E-state index contributed by atoms with van der Waals surface area (Å²) >= 11 is 5.28. The van der Waals surface area contributed by atoms with Gasteiger partial charge >= 0.3 is 0 Å². The first-order valence-electron chi connectivity index (χ1n) is 5.46. The normalized spacial score (nSPS) is 12.6. The summed E-state index contributed by atoms with van der Waals surface area (Å²) in [6, 6.07) is 8.38. The van der Waals surface area contributed by atoms with E-state index in [2.05, 4.69) is 62.7 Å². The molecule has 6 heteroatoms. The predicted molar refractivity (Wildman–Crippen MR) is 95.3 cm³/mol. The lowest BCUT2D eigenvalue weighted by Crippen LogP contribution is -2.37. The fraction of sp³-hybridized carbons (Fsp3) is 0.417. The Balaban J connectivity index is 0.00000289. The maximum absolute atomic E-state index is 4.08. The summed E-state index contributed by atoms with van der Waals surface area (Å²) in [7, 11) is 3.63. The summed E-state index contributed by atoms with van der Waals surface area (Å²) in [5.74, 6) is 0.827. The van der Waals surface area contributed by atoms with Gasteiger partial charge in [-0.2, -0.15) is 0 Å². The van der Waals surface area contributed by atoms with E-state index < -0.39 is 0 Å². The summed E-state index contributed by atoms with van der Waals surface area (Å²) in [6.07, 6.45) is 0. The fourth-order valence-corrected chi connectivity index (χ4v) is 2.50. The van der Waals surface area contributed by atoms with E-state index in [1.54, 1.807) is 7.05 Å². The number of thioether (sulfide) groups is 1. The average molecular weight is 444 g/mol. The highest BCUT2D eigenvalue weighted by Gasteiger charge is 2.05. The van der Waals surface area contributed by atoms with Crippen molar-refractivity contribution in [2.75, 3.05) is 20.6 Å². The van der Waals surface area contributed by atoms with Crippen LogP contribution in [0.15, 0.2) is 38.6 Å². The standard InChI is InChI=1S/C12H18BrN3S.HI/c1-9(8-16-12(14-2)15-3)17-11-6-4-10(13)5-7-11;/h4-7,9H,8H2,1-3H3,(H2,14,15,16);1H. The highest BCUT2D eigenvalue weighted by atomic mass is 127. The second-order valence-electron chi connectivity index (χ2n) is 3.59. The van der Waals surface area contributed by atoms with Crippen LogP contribution in [0.1, 0.15) is 6.92 Å². The van der Waals surface area contributed by atoms with Crippen LogP contribution in [0, 0.1) is 0 Å². The van der Waals surface area contributed by atoms with Gasteiger partial charge in [0.15, 0.2) is 5.96 Å². The Morgan fingerprint density at radius 1 is 1.39 bits per heavy atom. The molecule has 0 saturated carbocycles. The van der Waals surface area contributed by atoms with Crippen LogP contribution in [0.5, 0.6) is 0 Å². The van der Waals surface area contributed by atoms with Crippen LogP contribution in [-0.2, 0) is 0 Å². The number of guanidine groups is 1. The third kappa shape index (κ3) is 6.84. The third-order valence-electron chi connectivity index (χ3n) is 2.17. The van der Waals surface area contributed by atoms with Crippen LogP contribution in [0.4, 0.5) is 0 Å². The van der Waals surface area contributed by atoms with Crippen molar-refractivity contribution >= 4 is 57.6 Å². The number of aliphatic imine (C=N–C) groups is 1. The molecule has 0 radical (unpaired) electrons. The topological polar surface area (TPSA) is 36.4 Å². The maximum Gasteiger partial charge on any atom is 0.190 e. The van der Waals surface area contributed by atoms with E-state index in [4.69, 9.17) is 0 Å². The van der Waals surface area contributed by atoms with Crippen molar-refractivity contribution in [3.05, 3.63) is 28.7 Å². The number of halogens is 2. The first-order chi connectivity index (χ1) is 8.15. The van der Waals surface area contributed by atoms with Gasteiger partial charge in [0.2, 0.25) is 0 Å². The van der Waals surface area contributed by atoms with Crippen LogP contribution in [0.2, 0.25) is 0 Å². The largest absolute Gasteiger partial charge is 0.359 e. The van der Waals surface area contributed by atoms with Crippen molar-refractivity contribution in [1.82, 2.24) is 10.6 Å². The smallest absolute Gasteiger partial charge is 0.190 e. The van der Waals surface area contributed by atoms with E-state index in [1.807, 2.05) is 18.8 Å². The molecule has 0 amide bonds. The van der Waals surface area contributed by atoms with Crippen molar-refractivity contribution in [3.8, 4) is 0 Å². The molecule has 0 aliphatic heterocycles. The molecular formula is C12H19BrIN3S. The van der Waals surface area contributed by atoms with Crippen molar-refractivity contribution in [1.29, 1.82) is 0 Å². The van der Waals surface area contributed by atoms with E-state index in [1.165, 1.54) is 4.90 Å². The predicted octanol–water partition coefficient (Wildman–Crippen LogP) is 3.34. The van der Waals surface area contributed by atoms with Crippen LogP contribution in [0.3, 0.4) is 0 Å². The minimum atomic E-state index is 0. The summed E-state index contributed by atoms with van der Waals surface area (Å²) in [6.45, 7) is 3.08. The SMILES string of the molecule is CN=C(NC)NCC(C)Sc1ccc(Br)cc1.I. The number of rotatable bonds is 4. The molecule has 102 valence electrons. The maximum atomic E-state index is 4.08. The molecule has 0 spiro atoms. The van der Waals surface area contributed by atoms with E-state index in [-0.39, 0.29) is 24.0 Å². The first kappa shape index (κ1) is 18.0. The molecule has 0 aromatic heterocycles. The lowest BCUT2D eigenvalue weighted by Gasteiger charge is -2.14. The number of hydrogen-bond acceptors (Lipinski definition) is 2. The molecule has 0 fully saturated rings. The highest BCUT2D eigenvalue weighted by Crippen LogP contribution is 2.24. The highest BCUT2D eigenvalue weighted by molar-refractivity contribution is 14.0.